The Balaban J connectivity index is 1.18. The van der Waals surface area contributed by atoms with Gasteiger partial charge in [0.1, 0.15) is 5.58 Å². The van der Waals surface area contributed by atoms with Gasteiger partial charge in [-0.15, -0.1) is 11.3 Å². The number of hydrogen-bond donors (Lipinski definition) is 0. The molecule has 11 aromatic carbocycles. The third-order valence-electron chi connectivity index (χ3n) is 14.5. The van der Waals surface area contributed by atoms with Crippen LogP contribution in [-0.2, 0) is 5.41 Å². The number of anilines is 6. The normalized spacial score (nSPS) is 12.6. The molecule has 0 saturated carbocycles. The van der Waals surface area contributed by atoms with Crippen LogP contribution < -0.4 is 9.80 Å². The molecular weight excluding hydrogens is 881 g/mol. The predicted octanol–water partition coefficient (Wildman–Crippen LogP) is 18.9. The molecule has 0 fully saturated rings. The van der Waals surface area contributed by atoms with E-state index in [9.17, 15) is 0 Å². The molecule has 0 N–H and O–H groups in total. The molecule has 1 aliphatic carbocycles. The first kappa shape index (κ1) is 41.1. The summed E-state index contributed by atoms with van der Waals surface area (Å²) >= 11 is 1.90. The van der Waals surface area contributed by atoms with Crippen molar-refractivity contribution in [3.63, 3.8) is 0 Å². The Morgan fingerprint density at radius 3 is 1.38 bits per heavy atom. The second kappa shape index (κ2) is 16.6. The molecule has 71 heavy (non-hydrogen) atoms. The summed E-state index contributed by atoms with van der Waals surface area (Å²) in [5, 5.41) is 4.66. The number of furan rings is 1. The Labute approximate surface area is 416 Å². The van der Waals surface area contributed by atoms with Gasteiger partial charge in [-0.05, 0) is 106 Å². The van der Waals surface area contributed by atoms with Gasteiger partial charge in [0, 0.05) is 64.8 Å². The first-order chi connectivity index (χ1) is 35.3. The van der Waals surface area contributed by atoms with Gasteiger partial charge in [0.2, 0.25) is 0 Å². The van der Waals surface area contributed by atoms with Gasteiger partial charge in [-0.3, -0.25) is 0 Å². The van der Waals surface area contributed by atoms with E-state index in [1.807, 2.05) is 11.3 Å². The maximum absolute atomic E-state index is 7.32. The van der Waals surface area contributed by atoms with Gasteiger partial charge in [-0.25, -0.2) is 0 Å². The lowest BCUT2D eigenvalue weighted by atomic mass is 9.67. The molecule has 0 bridgehead atoms. The number of hydrogen-bond acceptors (Lipinski definition) is 4. The molecule has 0 saturated heterocycles. The minimum atomic E-state index is -0.786. The fraction of sp³-hybridized carbons (Fsp3) is 0.0149. The van der Waals surface area contributed by atoms with E-state index in [-0.39, 0.29) is 0 Å². The van der Waals surface area contributed by atoms with Crippen molar-refractivity contribution in [3.05, 3.63) is 289 Å². The standard InChI is InChI=1S/C67H44N2OS/c1-7-23-45(24-8-1)46-39-41-52(42-40-46)69(51-33-17-6-18-34-51)58-44-55-63(62-53-35-19-21-37-59(53)70-65(58)62)64-56(67(55,47-25-9-2-10-26-47)48-27-11-3-12-28-48)43-57(61-54-36-20-22-38-60(54)71-66(61)64)68(49-29-13-4-14-30-49)50-31-15-5-16-32-50/h1-44H. The van der Waals surface area contributed by atoms with Crippen LogP contribution in [0.2, 0.25) is 0 Å². The Hall–Kier alpha value is -8.96. The van der Waals surface area contributed by atoms with Crippen LogP contribution in [0, 0.1) is 0 Å². The summed E-state index contributed by atoms with van der Waals surface area (Å²) in [4.78, 5) is 4.87. The molecule has 2 heterocycles. The second-order valence-corrected chi connectivity index (χ2v) is 19.4. The molecule has 13 aromatic rings. The number of rotatable bonds is 9. The van der Waals surface area contributed by atoms with Crippen molar-refractivity contribution < 1.29 is 4.42 Å². The van der Waals surface area contributed by atoms with Gasteiger partial charge >= 0.3 is 0 Å². The monoisotopic (exact) mass is 924 g/mol. The Kier molecular flexibility index (Phi) is 9.61. The zero-order valence-corrected chi connectivity index (χ0v) is 39.4. The third-order valence-corrected chi connectivity index (χ3v) is 15.7. The molecule has 14 rings (SSSR count). The average molecular weight is 925 g/mol. The fourth-order valence-corrected chi connectivity index (χ4v) is 12.8. The number of benzene rings is 11. The highest BCUT2D eigenvalue weighted by Gasteiger charge is 2.50. The van der Waals surface area contributed by atoms with E-state index >= 15 is 0 Å². The smallest absolute Gasteiger partial charge is 0.160 e. The Morgan fingerprint density at radius 1 is 0.352 bits per heavy atom. The summed E-state index contributed by atoms with van der Waals surface area (Å²) < 4.78 is 9.82. The van der Waals surface area contributed by atoms with E-state index in [1.165, 1.54) is 59.1 Å². The highest BCUT2D eigenvalue weighted by Crippen LogP contribution is 2.65. The fourth-order valence-electron chi connectivity index (χ4n) is 11.5. The topological polar surface area (TPSA) is 19.6 Å². The molecule has 0 amide bonds. The molecule has 0 radical (unpaired) electrons. The lowest BCUT2D eigenvalue weighted by Gasteiger charge is -2.36. The number of fused-ring (bicyclic) bond motifs is 11. The van der Waals surface area contributed by atoms with Crippen LogP contribution in [0.1, 0.15) is 22.3 Å². The number of para-hydroxylation sites is 4. The maximum atomic E-state index is 7.32. The van der Waals surface area contributed by atoms with Gasteiger partial charge in [-0.2, -0.15) is 0 Å². The molecule has 0 aliphatic heterocycles. The summed E-state index contributed by atoms with van der Waals surface area (Å²) in [5.41, 5.74) is 16.9. The van der Waals surface area contributed by atoms with Crippen LogP contribution in [0.25, 0.3) is 64.4 Å². The van der Waals surface area contributed by atoms with E-state index in [4.69, 9.17) is 4.42 Å². The van der Waals surface area contributed by atoms with Gasteiger partial charge in [-0.1, -0.05) is 194 Å². The minimum Gasteiger partial charge on any atom is -0.454 e. The van der Waals surface area contributed by atoms with Gasteiger partial charge in [0.15, 0.2) is 5.58 Å². The highest BCUT2D eigenvalue weighted by atomic mass is 32.1. The summed E-state index contributed by atoms with van der Waals surface area (Å²) in [6.07, 6.45) is 0. The summed E-state index contributed by atoms with van der Waals surface area (Å²) in [6, 6.07) is 97.1. The molecular formula is C67H44N2OS. The SMILES string of the molecule is c1ccc(-c2ccc(N(c3ccccc3)c3cc4c(c5c3oc3ccccc35)-c3c(cc(N(c5ccccc5)c5ccccc5)c5c3sc3ccccc35)C4(c3ccccc3)c3ccccc3)cc2)cc1. The Morgan fingerprint density at radius 2 is 0.789 bits per heavy atom. The molecule has 0 atom stereocenters. The predicted molar refractivity (Wildman–Crippen MR) is 299 cm³/mol. The molecule has 0 unspecified atom stereocenters. The van der Waals surface area contributed by atoms with Crippen molar-refractivity contribution >= 4 is 87.6 Å². The summed E-state index contributed by atoms with van der Waals surface area (Å²) in [6.45, 7) is 0. The van der Waals surface area contributed by atoms with Crippen molar-refractivity contribution in [2.75, 3.05) is 9.80 Å². The van der Waals surface area contributed by atoms with Gasteiger partial charge in [0.25, 0.3) is 0 Å². The van der Waals surface area contributed by atoms with E-state index in [2.05, 4.69) is 277 Å². The van der Waals surface area contributed by atoms with Crippen LogP contribution >= 0.6 is 11.3 Å². The van der Waals surface area contributed by atoms with Crippen molar-refractivity contribution in [1.82, 2.24) is 0 Å². The summed E-state index contributed by atoms with van der Waals surface area (Å²) in [7, 11) is 0. The molecule has 0 spiro atoms. The van der Waals surface area contributed by atoms with E-state index in [1.54, 1.807) is 0 Å². The molecule has 3 nitrogen and oxygen atoms in total. The van der Waals surface area contributed by atoms with Gasteiger partial charge in [0.05, 0.1) is 16.8 Å². The first-order valence-electron chi connectivity index (χ1n) is 24.3. The Bertz CT molecular complexity index is 4000. The third kappa shape index (κ3) is 6.35. The molecule has 2 aromatic heterocycles. The van der Waals surface area contributed by atoms with Crippen LogP contribution in [0.3, 0.4) is 0 Å². The van der Waals surface area contributed by atoms with Crippen molar-refractivity contribution in [1.29, 1.82) is 0 Å². The molecule has 1 aliphatic rings. The first-order valence-corrected chi connectivity index (χ1v) is 25.1. The van der Waals surface area contributed by atoms with E-state index in [0.29, 0.717) is 0 Å². The quantitative estimate of drug-likeness (QED) is 0.144. The van der Waals surface area contributed by atoms with E-state index < -0.39 is 5.41 Å². The zero-order valence-electron chi connectivity index (χ0n) is 38.6. The summed E-state index contributed by atoms with van der Waals surface area (Å²) in [5.74, 6) is 0. The van der Waals surface area contributed by atoms with E-state index in [0.717, 1.165) is 61.6 Å². The van der Waals surface area contributed by atoms with Crippen LogP contribution in [0.5, 0.6) is 0 Å². The van der Waals surface area contributed by atoms with Crippen LogP contribution in [0.15, 0.2) is 271 Å². The lowest BCUT2D eigenvalue weighted by Crippen LogP contribution is -2.29. The van der Waals surface area contributed by atoms with Crippen molar-refractivity contribution in [2.45, 2.75) is 5.41 Å². The lowest BCUT2D eigenvalue weighted by molar-refractivity contribution is 0.668. The second-order valence-electron chi connectivity index (χ2n) is 18.3. The zero-order chi connectivity index (χ0) is 46.9. The number of nitrogens with zero attached hydrogens (tertiary/aromatic N) is 2. The molecule has 4 heteroatoms. The van der Waals surface area contributed by atoms with Crippen LogP contribution in [0.4, 0.5) is 34.1 Å². The minimum absolute atomic E-state index is 0.786. The number of thiophene rings is 1. The maximum Gasteiger partial charge on any atom is 0.160 e. The van der Waals surface area contributed by atoms with Gasteiger partial charge < -0.3 is 14.2 Å². The highest BCUT2D eigenvalue weighted by molar-refractivity contribution is 7.26. The molecule has 334 valence electrons. The largest absolute Gasteiger partial charge is 0.454 e. The van der Waals surface area contributed by atoms with Crippen molar-refractivity contribution in [2.24, 2.45) is 0 Å². The average Bonchev–Trinajstić information content (AvgIpc) is 4.13. The van der Waals surface area contributed by atoms with Crippen LogP contribution in [-0.4, -0.2) is 0 Å². The van der Waals surface area contributed by atoms with Crippen molar-refractivity contribution in [3.8, 4) is 22.3 Å².